The van der Waals surface area contributed by atoms with E-state index in [1.165, 1.54) is 0 Å². The summed E-state index contributed by atoms with van der Waals surface area (Å²) in [5.74, 6) is 0. The van der Waals surface area contributed by atoms with Crippen LogP contribution in [0.5, 0.6) is 0 Å². The van der Waals surface area contributed by atoms with Crippen LogP contribution in [0, 0.1) is 0 Å². The molecule has 0 unspecified atom stereocenters. The highest BCUT2D eigenvalue weighted by molar-refractivity contribution is 9.12. The van der Waals surface area contributed by atoms with E-state index in [2.05, 4.69) is 43.8 Å². The molecular weight excluding hydrogens is 326 g/mol. The quantitative estimate of drug-likeness (QED) is 0.633. The van der Waals surface area contributed by atoms with Gasteiger partial charge in [-0.25, -0.2) is 4.79 Å². The topological polar surface area (TPSA) is 38.3 Å². The molecule has 0 bridgehead atoms. The Morgan fingerprint density at radius 2 is 2.20 bits per heavy atom. The molecule has 1 aliphatic carbocycles. The van der Waals surface area contributed by atoms with Gasteiger partial charge < -0.3 is 10.1 Å². The van der Waals surface area contributed by atoms with Crippen molar-refractivity contribution in [2.24, 2.45) is 0 Å². The maximum absolute atomic E-state index is 11.3. The van der Waals surface area contributed by atoms with Crippen molar-refractivity contribution in [3.8, 4) is 0 Å². The number of hydrogen-bond donors (Lipinski definition) is 1. The van der Waals surface area contributed by atoms with E-state index >= 15 is 0 Å². The van der Waals surface area contributed by atoms with Crippen molar-refractivity contribution in [3.63, 3.8) is 0 Å². The molecule has 3 nitrogen and oxygen atoms in total. The van der Waals surface area contributed by atoms with Crippen LogP contribution in [0.15, 0.2) is 12.7 Å². The molecule has 86 valence electrons. The van der Waals surface area contributed by atoms with Crippen molar-refractivity contribution in [2.45, 2.75) is 35.0 Å². The Hall–Kier alpha value is -0.0300. The fraction of sp³-hybridized carbons (Fsp3) is 0.700. The number of hydrogen-bond acceptors (Lipinski definition) is 2. The number of rotatable bonds is 3. The molecule has 15 heavy (non-hydrogen) atoms. The van der Waals surface area contributed by atoms with Crippen LogP contribution in [-0.4, -0.2) is 28.4 Å². The van der Waals surface area contributed by atoms with Gasteiger partial charge in [0, 0.05) is 15.7 Å². The van der Waals surface area contributed by atoms with Gasteiger partial charge in [-0.3, -0.25) is 0 Å². The summed E-state index contributed by atoms with van der Waals surface area (Å²) in [6, 6.07) is 0.209. The van der Waals surface area contributed by atoms with Gasteiger partial charge in [0.1, 0.15) is 6.61 Å². The maximum atomic E-state index is 11.3. The lowest BCUT2D eigenvalue weighted by molar-refractivity contribution is 0.151. The standard InChI is InChI=1S/C10H15Br2NO2/c1-2-5-15-10(14)13-7-3-4-8(11)9(12)6-7/h2,7-9H,1,3-6H2,(H,13,14)/t7-,8+,9+/m0/s1. The molecule has 3 atom stereocenters. The number of carbonyl (C=O) groups excluding carboxylic acids is 1. The summed E-state index contributed by atoms with van der Waals surface area (Å²) in [7, 11) is 0. The summed E-state index contributed by atoms with van der Waals surface area (Å²) in [6.07, 6.45) is 4.18. The van der Waals surface area contributed by atoms with E-state index in [4.69, 9.17) is 4.74 Å². The highest BCUT2D eigenvalue weighted by atomic mass is 79.9. The zero-order chi connectivity index (χ0) is 11.3. The molecule has 1 N–H and O–H groups in total. The van der Waals surface area contributed by atoms with Gasteiger partial charge >= 0.3 is 6.09 Å². The van der Waals surface area contributed by atoms with E-state index in [1.54, 1.807) is 6.08 Å². The Kier molecular flexibility index (Phi) is 5.68. The van der Waals surface area contributed by atoms with Crippen LogP contribution >= 0.6 is 31.9 Å². The van der Waals surface area contributed by atoms with E-state index in [0.717, 1.165) is 19.3 Å². The van der Waals surface area contributed by atoms with Crippen LogP contribution < -0.4 is 5.32 Å². The van der Waals surface area contributed by atoms with E-state index in [9.17, 15) is 4.79 Å². The van der Waals surface area contributed by atoms with E-state index in [1.807, 2.05) is 0 Å². The first-order chi connectivity index (χ1) is 7.13. The summed E-state index contributed by atoms with van der Waals surface area (Å²) >= 11 is 7.17. The van der Waals surface area contributed by atoms with E-state index in [-0.39, 0.29) is 18.7 Å². The van der Waals surface area contributed by atoms with Crippen LogP contribution in [0.3, 0.4) is 0 Å². The number of nitrogens with one attached hydrogen (secondary N) is 1. The smallest absolute Gasteiger partial charge is 0.407 e. The third kappa shape index (κ3) is 4.55. The number of ether oxygens (including phenoxy) is 1. The average molecular weight is 341 g/mol. The molecule has 1 aliphatic rings. The summed E-state index contributed by atoms with van der Waals surface area (Å²) in [5, 5.41) is 2.84. The lowest BCUT2D eigenvalue weighted by Crippen LogP contribution is -2.41. The molecule has 5 heteroatoms. The van der Waals surface area contributed by atoms with Gasteiger partial charge in [0.05, 0.1) is 0 Å². The van der Waals surface area contributed by atoms with Gasteiger partial charge in [-0.15, -0.1) is 0 Å². The van der Waals surface area contributed by atoms with Crippen LogP contribution in [-0.2, 0) is 4.74 Å². The maximum Gasteiger partial charge on any atom is 0.407 e. The van der Waals surface area contributed by atoms with Crippen LogP contribution in [0.1, 0.15) is 19.3 Å². The molecular formula is C10H15Br2NO2. The van der Waals surface area contributed by atoms with Crippen LogP contribution in [0.4, 0.5) is 4.79 Å². The van der Waals surface area contributed by atoms with Crippen molar-refractivity contribution in [1.29, 1.82) is 0 Å². The van der Waals surface area contributed by atoms with Gasteiger partial charge in [-0.2, -0.15) is 0 Å². The minimum absolute atomic E-state index is 0.209. The monoisotopic (exact) mass is 339 g/mol. The molecule has 0 heterocycles. The number of carbonyl (C=O) groups is 1. The minimum atomic E-state index is -0.354. The summed E-state index contributed by atoms with van der Waals surface area (Å²) < 4.78 is 4.86. The predicted octanol–water partition coefficient (Wildman–Crippen LogP) is 2.98. The van der Waals surface area contributed by atoms with E-state index in [0.29, 0.717) is 9.65 Å². The second-order valence-corrected chi connectivity index (χ2v) is 5.93. The zero-order valence-corrected chi connectivity index (χ0v) is 11.6. The van der Waals surface area contributed by atoms with Crippen molar-refractivity contribution < 1.29 is 9.53 Å². The second-order valence-electron chi connectivity index (χ2n) is 3.57. The lowest BCUT2D eigenvalue weighted by Gasteiger charge is -2.29. The Morgan fingerprint density at radius 3 is 2.80 bits per heavy atom. The zero-order valence-electron chi connectivity index (χ0n) is 8.42. The van der Waals surface area contributed by atoms with Gasteiger partial charge in [-0.05, 0) is 19.3 Å². The molecule has 0 aromatic carbocycles. The average Bonchev–Trinajstić information content (AvgIpc) is 2.20. The van der Waals surface area contributed by atoms with Gasteiger partial charge in [0.25, 0.3) is 0 Å². The highest BCUT2D eigenvalue weighted by Gasteiger charge is 2.27. The van der Waals surface area contributed by atoms with Gasteiger partial charge in [0.15, 0.2) is 0 Å². The fourth-order valence-corrected chi connectivity index (χ4v) is 2.75. The summed E-state index contributed by atoms with van der Waals surface area (Å²) in [4.78, 5) is 12.2. The molecule has 0 spiro atoms. The third-order valence-electron chi connectivity index (χ3n) is 2.35. The Balaban J connectivity index is 2.27. The van der Waals surface area contributed by atoms with Crippen molar-refractivity contribution >= 4 is 38.0 Å². The number of amides is 1. The Bertz CT molecular complexity index is 235. The molecule has 0 aromatic heterocycles. The number of halogens is 2. The molecule has 0 aromatic rings. The molecule has 1 saturated carbocycles. The SMILES string of the molecule is C=CCOC(=O)N[C@H]1CC[C@@H](Br)[C@H](Br)C1. The second kappa shape index (κ2) is 6.53. The highest BCUT2D eigenvalue weighted by Crippen LogP contribution is 2.30. The molecule has 1 rings (SSSR count). The molecule has 1 fully saturated rings. The van der Waals surface area contributed by atoms with Crippen LogP contribution in [0.25, 0.3) is 0 Å². The number of alkyl carbamates (subject to hydrolysis) is 1. The van der Waals surface area contributed by atoms with Gasteiger partial charge in [0.2, 0.25) is 0 Å². The Labute approximate surface area is 107 Å². The van der Waals surface area contributed by atoms with E-state index < -0.39 is 0 Å². The fourth-order valence-electron chi connectivity index (χ4n) is 1.55. The Morgan fingerprint density at radius 1 is 1.47 bits per heavy atom. The summed E-state index contributed by atoms with van der Waals surface area (Å²) in [5.41, 5.74) is 0. The lowest BCUT2D eigenvalue weighted by atomic mass is 9.95. The number of alkyl halides is 2. The minimum Gasteiger partial charge on any atom is -0.445 e. The first-order valence-electron chi connectivity index (χ1n) is 4.95. The predicted molar refractivity (Wildman–Crippen MR) is 67.7 cm³/mol. The first kappa shape index (κ1) is 13.0. The molecule has 1 amide bonds. The normalized spacial score (nSPS) is 30.7. The van der Waals surface area contributed by atoms with Crippen molar-refractivity contribution in [3.05, 3.63) is 12.7 Å². The molecule has 0 radical (unpaired) electrons. The van der Waals surface area contributed by atoms with Gasteiger partial charge in [-0.1, -0.05) is 44.5 Å². The summed E-state index contributed by atoms with van der Waals surface area (Å²) in [6.45, 7) is 3.74. The van der Waals surface area contributed by atoms with Crippen molar-refractivity contribution in [1.82, 2.24) is 5.32 Å². The van der Waals surface area contributed by atoms with Crippen LogP contribution in [0.2, 0.25) is 0 Å². The third-order valence-corrected chi connectivity index (χ3v) is 5.16. The molecule has 0 saturated heterocycles. The first-order valence-corrected chi connectivity index (χ1v) is 6.79. The molecule has 0 aliphatic heterocycles. The van der Waals surface area contributed by atoms with Crippen molar-refractivity contribution in [2.75, 3.05) is 6.61 Å². The largest absolute Gasteiger partial charge is 0.445 e.